The zero-order chi connectivity index (χ0) is 18.1. The maximum absolute atomic E-state index is 12.2. The molecular formula is C19H23N3O4. The molecule has 1 fully saturated rings. The van der Waals surface area contributed by atoms with Crippen molar-refractivity contribution in [3.8, 4) is 5.75 Å². The second-order valence-electron chi connectivity index (χ2n) is 7.08. The van der Waals surface area contributed by atoms with Crippen molar-refractivity contribution < 1.29 is 19.4 Å². The number of carbonyl (C=O) groups is 1. The molecule has 2 aromatic rings. The second kappa shape index (κ2) is 6.74. The average molecular weight is 357 g/mol. The Morgan fingerprint density at radius 2 is 2.31 bits per heavy atom. The number of rotatable bonds is 6. The van der Waals surface area contributed by atoms with E-state index < -0.39 is 11.4 Å². The van der Waals surface area contributed by atoms with E-state index in [1.54, 1.807) is 13.4 Å². The number of hydrogen-bond acceptors (Lipinski definition) is 5. The third kappa shape index (κ3) is 2.77. The Kier molecular flexibility index (Phi) is 4.42. The number of nitrogens with zero attached hydrogens (tertiary/aromatic N) is 3. The molecule has 0 aliphatic carbocycles. The van der Waals surface area contributed by atoms with E-state index in [1.165, 1.54) is 0 Å². The summed E-state index contributed by atoms with van der Waals surface area (Å²) in [4.78, 5) is 18.6. The summed E-state index contributed by atoms with van der Waals surface area (Å²) in [5.41, 5.74) is 1.16. The molecular weight excluding hydrogens is 334 g/mol. The van der Waals surface area contributed by atoms with Crippen LogP contribution in [0.2, 0.25) is 0 Å². The topological polar surface area (TPSA) is 76.8 Å². The molecule has 1 aromatic heterocycles. The lowest BCUT2D eigenvalue weighted by Crippen LogP contribution is -2.45. The highest BCUT2D eigenvalue weighted by Crippen LogP contribution is 2.49. The Morgan fingerprint density at radius 1 is 1.46 bits per heavy atom. The van der Waals surface area contributed by atoms with E-state index in [0.717, 1.165) is 23.6 Å². The van der Waals surface area contributed by atoms with Gasteiger partial charge in [-0.15, -0.1) is 0 Å². The van der Waals surface area contributed by atoms with Crippen LogP contribution in [0.3, 0.4) is 0 Å². The van der Waals surface area contributed by atoms with Gasteiger partial charge in [-0.05, 0) is 11.6 Å². The van der Waals surface area contributed by atoms with E-state index in [4.69, 9.17) is 9.47 Å². The van der Waals surface area contributed by atoms with Crippen molar-refractivity contribution in [1.82, 2.24) is 14.5 Å². The Morgan fingerprint density at radius 3 is 3.12 bits per heavy atom. The van der Waals surface area contributed by atoms with Gasteiger partial charge < -0.3 is 19.1 Å². The van der Waals surface area contributed by atoms with Gasteiger partial charge in [0.2, 0.25) is 0 Å². The fourth-order valence-electron chi connectivity index (χ4n) is 4.15. The molecule has 0 bridgehead atoms. The normalized spacial score (nSPS) is 24.7. The van der Waals surface area contributed by atoms with Gasteiger partial charge in [-0.25, -0.2) is 4.98 Å². The smallest absolute Gasteiger partial charge is 0.315 e. The highest BCUT2D eigenvalue weighted by atomic mass is 16.5. The van der Waals surface area contributed by atoms with Crippen LogP contribution >= 0.6 is 0 Å². The average Bonchev–Trinajstić information content (AvgIpc) is 3.25. The van der Waals surface area contributed by atoms with Gasteiger partial charge in [-0.1, -0.05) is 18.2 Å². The Bertz CT molecular complexity index is 806. The third-order valence-electron chi connectivity index (χ3n) is 5.54. The number of fused-ring (bicyclic) bond motifs is 3. The number of aromatic nitrogens is 2. The molecule has 0 radical (unpaired) electrons. The molecule has 1 saturated heterocycles. The van der Waals surface area contributed by atoms with Crippen molar-refractivity contribution in [1.29, 1.82) is 0 Å². The highest BCUT2D eigenvalue weighted by molar-refractivity contribution is 5.78. The zero-order valence-electron chi connectivity index (χ0n) is 14.8. The van der Waals surface area contributed by atoms with Gasteiger partial charge in [0.25, 0.3) is 0 Å². The molecule has 138 valence electrons. The Balaban J connectivity index is 1.59. The molecule has 4 rings (SSSR count). The van der Waals surface area contributed by atoms with Gasteiger partial charge in [0.1, 0.15) is 17.8 Å². The number of carboxylic acid groups (broad SMARTS) is 1. The molecule has 7 heteroatoms. The largest absolute Gasteiger partial charge is 0.492 e. The van der Waals surface area contributed by atoms with Crippen LogP contribution in [0.1, 0.15) is 17.2 Å². The number of para-hydroxylation sites is 1. The first kappa shape index (κ1) is 17.1. The van der Waals surface area contributed by atoms with E-state index in [1.807, 2.05) is 30.5 Å². The lowest BCUT2D eigenvalue weighted by molar-refractivity contribution is -0.151. The van der Waals surface area contributed by atoms with Gasteiger partial charge >= 0.3 is 5.97 Å². The van der Waals surface area contributed by atoms with Crippen LogP contribution in [0.4, 0.5) is 0 Å². The molecule has 2 atom stereocenters. The molecule has 1 N–H and O–H groups in total. The molecule has 26 heavy (non-hydrogen) atoms. The predicted molar refractivity (Wildman–Crippen MR) is 94.1 cm³/mol. The zero-order valence-corrected chi connectivity index (χ0v) is 14.8. The van der Waals surface area contributed by atoms with Gasteiger partial charge in [-0.3, -0.25) is 9.69 Å². The summed E-state index contributed by atoms with van der Waals surface area (Å²) in [6.45, 7) is 3.39. The number of hydrogen-bond donors (Lipinski definition) is 1. The van der Waals surface area contributed by atoms with Crippen LogP contribution in [0, 0.1) is 5.41 Å². The monoisotopic (exact) mass is 357 g/mol. The summed E-state index contributed by atoms with van der Waals surface area (Å²) in [6.07, 6.45) is 3.64. The second-order valence-corrected chi connectivity index (χ2v) is 7.08. The van der Waals surface area contributed by atoms with Crippen molar-refractivity contribution in [3.63, 3.8) is 0 Å². The molecule has 0 unspecified atom stereocenters. The van der Waals surface area contributed by atoms with Crippen molar-refractivity contribution in [2.45, 2.75) is 19.0 Å². The van der Waals surface area contributed by atoms with E-state index >= 15 is 0 Å². The van der Waals surface area contributed by atoms with Gasteiger partial charge in [-0.2, -0.15) is 0 Å². The first-order chi connectivity index (χ1) is 12.6. The molecule has 0 saturated carbocycles. The maximum atomic E-state index is 12.2. The van der Waals surface area contributed by atoms with E-state index in [2.05, 4.69) is 14.5 Å². The number of ether oxygens (including phenoxy) is 2. The number of carboxylic acids is 1. The highest BCUT2D eigenvalue weighted by Gasteiger charge is 2.56. The van der Waals surface area contributed by atoms with Crippen LogP contribution < -0.4 is 4.74 Å². The van der Waals surface area contributed by atoms with Crippen molar-refractivity contribution in [2.75, 3.05) is 33.4 Å². The minimum atomic E-state index is -0.897. The number of methoxy groups -OCH3 is 1. The van der Waals surface area contributed by atoms with Crippen LogP contribution in [0.25, 0.3) is 0 Å². The van der Waals surface area contributed by atoms with Crippen LogP contribution in [-0.4, -0.2) is 58.9 Å². The number of aliphatic carboxylic acids is 1. The molecule has 1 aromatic carbocycles. The third-order valence-corrected chi connectivity index (χ3v) is 5.54. The lowest BCUT2D eigenvalue weighted by atomic mass is 9.73. The minimum absolute atomic E-state index is 0.0692. The molecule has 2 aliphatic heterocycles. The first-order valence-electron chi connectivity index (χ1n) is 8.79. The summed E-state index contributed by atoms with van der Waals surface area (Å²) in [6, 6.07) is 7.78. The maximum Gasteiger partial charge on any atom is 0.315 e. The first-order valence-corrected chi connectivity index (χ1v) is 8.79. The fraction of sp³-hybridized carbons (Fsp3) is 0.474. The molecule has 0 spiro atoms. The van der Waals surface area contributed by atoms with Crippen LogP contribution in [-0.2, 0) is 22.6 Å². The molecule has 0 amide bonds. The summed E-state index contributed by atoms with van der Waals surface area (Å²) in [5, 5.41) is 10.00. The Labute approximate surface area is 152 Å². The van der Waals surface area contributed by atoms with Crippen LogP contribution in [0.15, 0.2) is 36.8 Å². The summed E-state index contributed by atoms with van der Waals surface area (Å²) < 4.78 is 13.0. The standard InChI is InChI=1S/C19H23N3O4/c1-25-7-6-22-13-20-8-14(22)9-21-10-16-15-4-2-3-5-17(15)26-12-19(16,11-21)18(23)24/h2-5,8,13,16H,6-7,9-12H2,1H3,(H,23,24)/t16-,19-/m1/s1. The lowest BCUT2D eigenvalue weighted by Gasteiger charge is -2.35. The SMILES string of the molecule is COCCn1cncc1CN1C[C@@H]2c3ccccc3OC[C@]2(C(=O)O)C1. The summed E-state index contributed by atoms with van der Waals surface area (Å²) in [7, 11) is 1.68. The molecule has 3 heterocycles. The number of likely N-dealkylation sites (tertiary alicyclic amines) is 1. The van der Waals surface area contributed by atoms with E-state index in [-0.39, 0.29) is 12.5 Å². The van der Waals surface area contributed by atoms with Gasteiger partial charge in [0.05, 0.1) is 18.6 Å². The van der Waals surface area contributed by atoms with Crippen molar-refractivity contribution in [3.05, 3.63) is 48.0 Å². The van der Waals surface area contributed by atoms with E-state index in [0.29, 0.717) is 26.2 Å². The summed E-state index contributed by atoms with van der Waals surface area (Å²) >= 11 is 0. The fourth-order valence-corrected chi connectivity index (χ4v) is 4.15. The molecule has 2 aliphatic rings. The quantitative estimate of drug-likeness (QED) is 0.846. The van der Waals surface area contributed by atoms with Crippen molar-refractivity contribution in [2.24, 2.45) is 5.41 Å². The number of benzene rings is 1. The number of imidazole rings is 1. The minimum Gasteiger partial charge on any atom is -0.492 e. The predicted octanol–water partition coefficient (Wildman–Crippen LogP) is 1.59. The molecule has 7 nitrogen and oxygen atoms in total. The van der Waals surface area contributed by atoms with E-state index in [9.17, 15) is 9.90 Å². The van der Waals surface area contributed by atoms with Crippen molar-refractivity contribution >= 4 is 5.97 Å². The Hall–Kier alpha value is -2.38. The van der Waals surface area contributed by atoms with Gasteiger partial charge in [0.15, 0.2) is 0 Å². The van der Waals surface area contributed by atoms with Gasteiger partial charge in [0, 0.05) is 45.4 Å². The van der Waals surface area contributed by atoms with Crippen LogP contribution in [0.5, 0.6) is 5.75 Å². The summed E-state index contributed by atoms with van der Waals surface area (Å²) in [5.74, 6) is -0.0472.